The molecule has 5 heteroatoms. The van der Waals surface area contributed by atoms with Gasteiger partial charge in [-0.2, -0.15) is 5.10 Å². The number of carbonyl (C=O) groups is 1. The van der Waals surface area contributed by atoms with Crippen LogP contribution in [0.15, 0.2) is 36.5 Å². The average molecular weight is 367 g/mol. The molecule has 1 aliphatic carbocycles. The smallest absolute Gasteiger partial charge is 0.251 e. The number of piperidine rings is 1. The number of hydrogen-bond donors (Lipinski definition) is 1. The molecule has 5 nitrogen and oxygen atoms in total. The summed E-state index contributed by atoms with van der Waals surface area (Å²) in [5.41, 5.74) is 3.39. The number of aromatic nitrogens is 2. The van der Waals surface area contributed by atoms with Crippen molar-refractivity contribution in [3.8, 4) is 0 Å². The van der Waals surface area contributed by atoms with E-state index in [1.54, 1.807) is 0 Å². The molecule has 1 aromatic carbocycles. The van der Waals surface area contributed by atoms with E-state index in [1.165, 1.54) is 56.5 Å². The fourth-order valence-electron chi connectivity index (χ4n) is 3.93. The molecule has 0 unspecified atom stereocenters. The molecule has 0 spiro atoms. The van der Waals surface area contributed by atoms with Crippen LogP contribution in [0.2, 0.25) is 0 Å². The fourth-order valence-corrected chi connectivity index (χ4v) is 3.93. The normalized spacial score (nSPS) is 17.8. The van der Waals surface area contributed by atoms with Crippen LogP contribution in [0.25, 0.3) is 0 Å². The number of nitrogens with one attached hydrogen (secondary N) is 1. The van der Waals surface area contributed by atoms with Crippen molar-refractivity contribution >= 4 is 5.91 Å². The Morgan fingerprint density at radius 3 is 2.59 bits per heavy atom. The third-order valence-corrected chi connectivity index (χ3v) is 5.65. The highest BCUT2D eigenvalue weighted by atomic mass is 16.1. The minimum Gasteiger partial charge on any atom is -0.352 e. The number of aryl methyl sites for hydroxylation is 1. The molecule has 2 aromatic rings. The van der Waals surface area contributed by atoms with Gasteiger partial charge in [-0.15, -0.1) is 0 Å². The van der Waals surface area contributed by atoms with E-state index >= 15 is 0 Å². The molecule has 0 radical (unpaired) electrons. The zero-order chi connectivity index (χ0) is 18.5. The second kappa shape index (κ2) is 8.70. The van der Waals surface area contributed by atoms with Crippen LogP contribution in [-0.2, 0) is 13.1 Å². The Kier molecular flexibility index (Phi) is 5.87. The number of benzene rings is 1. The molecule has 1 aliphatic heterocycles. The van der Waals surface area contributed by atoms with Crippen molar-refractivity contribution in [2.24, 2.45) is 0 Å². The minimum atomic E-state index is 0.0161. The highest BCUT2D eigenvalue weighted by Gasteiger charge is 2.26. The van der Waals surface area contributed by atoms with Gasteiger partial charge in [0, 0.05) is 43.0 Å². The van der Waals surface area contributed by atoms with Gasteiger partial charge in [0.25, 0.3) is 5.91 Å². The molecule has 1 saturated heterocycles. The van der Waals surface area contributed by atoms with Crippen LogP contribution in [0, 0.1) is 0 Å². The summed E-state index contributed by atoms with van der Waals surface area (Å²) in [7, 11) is 0. The third-order valence-electron chi connectivity index (χ3n) is 5.65. The number of likely N-dealkylation sites (tertiary alicyclic amines) is 1. The maximum Gasteiger partial charge on any atom is 0.251 e. The maximum absolute atomic E-state index is 12.3. The number of hydrogen-bond acceptors (Lipinski definition) is 3. The van der Waals surface area contributed by atoms with Crippen LogP contribution in [0.4, 0.5) is 0 Å². The summed E-state index contributed by atoms with van der Waals surface area (Å²) in [5, 5.41) is 7.45. The Hall–Kier alpha value is -2.14. The van der Waals surface area contributed by atoms with Crippen LogP contribution >= 0.6 is 0 Å². The van der Waals surface area contributed by atoms with E-state index in [9.17, 15) is 4.79 Å². The first-order chi connectivity index (χ1) is 13.3. The molecule has 2 aliphatic rings. The van der Waals surface area contributed by atoms with Crippen molar-refractivity contribution in [3.05, 3.63) is 53.3 Å². The standard InChI is InChI=1S/C22H30N4O/c27-22(23-12-4-16-26-21(11-13-24-26)19-9-10-19)20-7-5-18(6-8-20)17-25-14-2-1-3-15-25/h5-8,11,13,19H,1-4,9-10,12,14-17H2,(H,23,27). The van der Waals surface area contributed by atoms with Crippen LogP contribution in [0.1, 0.15) is 66.1 Å². The summed E-state index contributed by atoms with van der Waals surface area (Å²) < 4.78 is 2.10. The van der Waals surface area contributed by atoms with E-state index in [2.05, 4.69) is 38.2 Å². The highest BCUT2D eigenvalue weighted by Crippen LogP contribution is 2.39. The monoisotopic (exact) mass is 366 g/mol. The fraction of sp³-hybridized carbons (Fsp3) is 0.545. The van der Waals surface area contributed by atoms with Gasteiger partial charge in [0.2, 0.25) is 0 Å². The predicted octanol–water partition coefficient (Wildman–Crippen LogP) is 3.57. The zero-order valence-corrected chi connectivity index (χ0v) is 16.1. The largest absolute Gasteiger partial charge is 0.352 e. The SMILES string of the molecule is O=C(NCCCn1nccc1C1CC1)c1ccc(CN2CCCCC2)cc1. The van der Waals surface area contributed by atoms with Gasteiger partial charge in [-0.05, 0) is 69.0 Å². The molecule has 0 atom stereocenters. The van der Waals surface area contributed by atoms with Gasteiger partial charge in [-0.3, -0.25) is 14.4 Å². The molecule has 4 rings (SSSR count). The number of carbonyl (C=O) groups excluding carboxylic acids is 1. The Labute approximate surface area is 161 Å². The average Bonchev–Trinajstić information content (AvgIpc) is 3.44. The van der Waals surface area contributed by atoms with Crippen molar-refractivity contribution < 1.29 is 4.79 Å². The molecule has 2 heterocycles. The van der Waals surface area contributed by atoms with Crippen molar-refractivity contribution in [3.63, 3.8) is 0 Å². The first-order valence-electron chi connectivity index (χ1n) is 10.4. The maximum atomic E-state index is 12.3. The van der Waals surface area contributed by atoms with E-state index < -0.39 is 0 Å². The zero-order valence-electron chi connectivity index (χ0n) is 16.1. The van der Waals surface area contributed by atoms with Crippen LogP contribution in [0.3, 0.4) is 0 Å². The summed E-state index contributed by atoms with van der Waals surface area (Å²) >= 11 is 0. The second-order valence-electron chi connectivity index (χ2n) is 7.90. The molecule has 1 aromatic heterocycles. The lowest BCUT2D eigenvalue weighted by molar-refractivity contribution is 0.0952. The lowest BCUT2D eigenvalue weighted by Gasteiger charge is -2.26. The summed E-state index contributed by atoms with van der Waals surface area (Å²) in [6.07, 6.45) is 9.34. The van der Waals surface area contributed by atoms with Gasteiger partial charge in [-0.25, -0.2) is 0 Å². The Bertz CT molecular complexity index is 742. The van der Waals surface area contributed by atoms with E-state index in [-0.39, 0.29) is 5.91 Å². The topological polar surface area (TPSA) is 50.2 Å². The lowest BCUT2D eigenvalue weighted by Crippen LogP contribution is -2.29. The molecule has 1 saturated carbocycles. The molecule has 2 fully saturated rings. The molecule has 1 amide bonds. The molecule has 1 N–H and O–H groups in total. The number of rotatable bonds is 8. The number of nitrogens with zero attached hydrogens (tertiary/aromatic N) is 3. The first-order valence-corrected chi connectivity index (χ1v) is 10.4. The van der Waals surface area contributed by atoms with E-state index in [4.69, 9.17) is 0 Å². The second-order valence-corrected chi connectivity index (χ2v) is 7.90. The number of amides is 1. The molecular weight excluding hydrogens is 336 g/mol. The van der Waals surface area contributed by atoms with Gasteiger partial charge in [0.1, 0.15) is 0 Å². The Balaban J connectivity index is 1.20. The summed E-state index contributed by atoms with van der Waals surface area (Å²) in [4.78, 5) is 14.9. The lowest BCUT2D eigenvalue weighted by atomic mass is 10.1. The molecule has 0 bridgehead atoms. The van der Waals surface area contributed by atoms with Crippen molar-refractivity contribution in [2.75, 3.05) is 19.6 Å². The third kappa shape index (κ3) is 4.98. The van der Waals surface area contributed by atoms with Gasteiger partial charge in [0.15, 0.2) is 0 Å². The van der Waals surface area contributed by atoms with Gasteiger partial charge in [-0.1, -0.05) is 18.6 Å². The van der Waals surface area contributed by atoms with Crippen molar-refractivity contribution in [1.82, 2.24) is 20.0 Å². The summed E-state index contributed by atoms with van der Waals surface area (Å²) in [5.74, 6) is 0.730. The summed E-state index contributed by atoms with van der Waals surface area (Å²) in [6, 6.07) is 10.2. The molecular formula is C22H30N4O. The highest BCUT2D eigenvalue weighted by molar-refractivity contribution is 5.94. The van der Waals surface area contributed by atoms with Gasteiger partial charge >= 0.3 is 0 Å². The molecule has 144 valence electrons. The van der Waals surface area contributed by atoms with Crippen LogP contribution in [-0.4, -0.2) is 40.2 Å². The quantitative estimate of drug-likeness (QED) is 0.727. The van der Waals surface area contributed by atoms with E-state index in [0.717, 1.165) is 25.1 Å². The van der Waals surface area contributed by atoms with Gasteiger partial charge in [0.05, 0.1) is 0 Å². The van der Waals surface area contributed by atoms with E-state index in [1.807, 2.05) is 18.3 Å². The van der Waals surface area contributed by atoms with Crippen LogP contribution in [0.5, 0.6) is 0 Å². The minimum absolute atomic E-state index is 0.0161. The predicted molar refractivity (Wildman–Crippen MR) is 107 cm³/mol. The summed E-state index contributed by atoms with van der Waals surface area (Å²) in [6.45, 7) is 4.93. The van der Waals surface area contributed by atoms with Gasteiger partial charge < -0.3 is 5.32 Å². The van der Waals surface area contributed by atoms with Crippen molar-refractivity contribution in [2.45, 2.75) is 57.5 Å². The van der Waals surface area contributed by atoms with Crippen LogP contribution < -0.4 is 5.32 Å². The molecule has 27 heavy (non-hydrogen) atoms. The Morgan fingerprint density at radius 1 is 1.07 bits per heavy atom. The Morgan fingerprint density at radius 2 is 1.85 bits per heavy atom. The first kappa shape index (κ1) is 18.2. The van der Waals surface area contributed by atoms with E-state index in [0.29, 0.717) is 12.5 Å². The van der Waals surface area contributed by atoms with Crippen molar-refractivity contribution in [1.29, 1.82) is 0 Å².